The number of hydrogen-bond acceptors (Lipinski definition) is 1. The zero-order valence-corrected chi connectivity index (χ0v) is 8.27. The lowest BCUT2D eigenvalue weighted by atomic mass is 10.0. The van der Waals surface area contributed by atoms with Gasteiger partial charge in [-0.1, -0.05) is 54.7 Å². The number of thiocarbonyl (C=S) groups is 1. The highest BCUT2D eigenvalue weighted by atomic mass is 32.1. The van der Waals surface area contributed by atoms with Crippen LogP contribution in [0.4, 0.5) is 0 Å². The van der Waals surface area contributed by atoms with Crippen LogP contribution in [0.2, 0.25) is 0 Å². The molecule has 0 heterocycles. The summed E-state index contributed by atoms with van der Waals surface area (Å²) in [7, 11) is 0. The van der Waals surface area contributed by atoms with Crippen molar-refractivity contribution in [1.82, 2.24) is 0 Å². The number of rotatable bonds is 1. The first kappa shape index (κ1) is 8.39. The number of fused-ring (bicyclic) bond motifs is 1. The van der Waals surface area contributed by atoms with Gasteiger partial charge in [-0.05, 0) is 23.3 Å². The van der Waals surface area contributed by atoms with Crippen LogP contribution in [0, 0.1) is 0 Å². The summed E-state index contributed by atoms with van der Waals surface area (Å²) >= 11 is 5.19. The van der Waals surface area contributed by atoms with Crippen molar-refractivity contribution in [3.63, 3.8) is 0 Å². The van der Waals surface area contributed by atoms with Gasteiger partial charge in [0.05, 0.1) is 0 Å². The van der Waals surface area contributed by atoms with E-state index in [-0.39, 0.29) is 0 Å². The predicted molar refractivity (Wildman–Crippen MR) is 61.3 cm³/mol. The Bertz CT molecular complexity index is 452. The predicted octanol–water partition coefficient (Wildman–Crippen LogP) is 3.58. The maximum absolute atomic E-state index is 5.19. The zero-order valence-electron chi connectivity index (χ0n) is 7.45. The van der Waals surface area contributed by atoms with Gasteiger partial charge in [-0.25, -0.2) is 0 Å². The normalized spacial score (nSPS) is 10.2. The Morgan fingerprint density at radius 3 is 2.46 bits per heavy atom. The maximum atomic E-state index is 5.19. The van der Waals surface area contributed by atoms with E-state index >= 15 is 0 Å². The molecule has 0 aromatic heterocycles. The summed E-state index contributed by atoms with van der Waals surface area (Å²) < 4.78 is 0. The Kier molecular flexibility index (Phi) is 2.11. The molecule has 64 valence electrons. The summed E-state index contributed by atoms with van der Waals surface area (Å²) in [6.07, 6.45) is 0. The summed E-state index contributed by atoms with van der Waals surface area (Å²) in [4.78, 5) is 0.955. The third-order valence-corrected chi connectivity index (χ3v) is 2.39. The fourth-order valence-electron chi connectivity index (χ4n) is 1.53. The van der Waals surface area contributed by atoms with E-state index in [9.17, 15) is 0 Å². The standard InChI is InChI=1S/C12H10S/c1-9(13)11-8-4-6-10-5-2-3-7-12(10)11/h2-8H,1H3. The van der Waals surface area contributed by atoms with E-state index in [2.05, 4.69) is 24.3 Å². The van der Waals surface area contributed by atoms with Crippen molar-refractivity contribution in [3.05, 3.63) is 48.0 Å². The SMILES string of the molecule is CC(=S)c1cccc2ccccc12. The summed E-state index contributed by atoms with van der Waals surface area (Å²) in [5.41, 5.74) is 1.17. The molecule has 2 aromatic carbocycles. The van der Waals surface area contributed by atoms with Crippen LogP contribution in [0.3, 0.4) is 0 Å². The van der Waals surface area contributed by atoms with E-state index in [1.165, 1.54) is 16.3 Å². The molecule has 1 heteroatoms. The van der Waals surface area contributed by atoms with Crippen molar-refractivity contribution in [3.8, 4) is 0 Å². The first-order valence-electron chi connectivity index (χ1n) is 4.28. The highest BCUT2D eigenvalue weighted by molar-refractivity contribution is 7.80. The molecule has 0 saturated heterocycles. The summed E-state index contributed by atoms with van der Waals surface area (Å²) in [5.74, 6) is 0. The van der Waals surface area contributed by atoms with E-state index in [1.54, 1.807) is 0 Å². The minimum atomic E-state index is 0.955. The molecule has 0 aliphatic rings. The molecule has 2 rings (SSSR count). The third-order valence-electron chi connectivity index (χ3n) is 2.17. The van der Waals surface area contributed by atoms with Crippen LogP contribution < -0.4 is 0 Å². The Labute approximate surface area is 83.2 Å². The second-order valence-corrected chi connectivity index (χ2v) is 3.70. The topological polar surface area (TPSA) is 0 Å². The molecule has 0 bridgehead atoms. The van der Waals surface area contributed by atoms with Crippen LogP contribution in [0.25, 0.3) is 10.8 Å². The van der Waals surface area contributed by atoms with E-state index < -0.39 is 0 Å². The molecule has 0 amide bonds. The lowest BCUT2D eigenvalue weighted by Gasteiger charge is -2.03. The Balaban J connectivity index is 2.83. The van der Waals surface area contributed by atoms with Crippen molar-refractivity contribution in [1.29, 1.82) is 0 Å². The highest BCUT2D eigenvalue weighted by Crippen LogP contribution is 2.18. The maximum Gasteiger partial charge on any atom is 0.0199 e. The minimum absolute atomic E-state index is 0.955. The fourth-order valence-corrected chi connectivity index (χ4v) is 1.71. The fraction of sp³-hybridized carbons (Fsp3) is 0.0833. The van der Waals surface area contributed by atoms with E-state index in [1.807, 2.05) is 25.1 Å². The quantitative estimate of drug-likeness (QED) is 0.484. The first-order chi connectivity index (χ1) is 6.29. The molecule has 0 unspecified atom stereocenters. The molecule has 0 aliphatic heterocycles. The van der Waals surface area contributed by atoms with Crippen LogP contribution in [-0.2, 0) is 0 Å². The monoisotopic (exact) mass is 186 g/mol. The van der Waals surface area contributed by atoms with Gasteiger partial charge in [0.2, 0.25) is 0 Å². The van der Waals surface area contributed by atoms with Crippen molar-refractivity contribution >= 4 is 27.9 Å². The third kappa shape index (κ3) is 1.47. The summed E-state index contributed by atoms with van der Waals surface area (Å²) in [6, 6.07) is 14.5. The van der Waals surface area contributed by atoms with E-state index in [0.29, 0.717) is 0 Å². The van der Waals surface area contributed by atoms with Gasteiger partial charge in [0, 0.05) is 4.86 Å². The molecule has 13 heavy (non-hydrogen) atoms. The van der Waals surface area contributed by atoms with Crippen molar-refractivity contribution < 1.29 is 0 Å². The van der Waals surface area contributed by atoms with E-state index in [0.717, 1.165) is 4.86 Å². The lowest BCUT2D eigenvalue weighted by molar-refractivity contribution is 1.70. The second kappa shape index (κ2) is 3.27. The van der Waals surface area contributed by atoms with Crippen LogP contribution in [-0.4, -0.2) is 4.86 Å². The molecular weight excluding hydrogens is 176 g/mol. The van der Waals surface area contributed by atoms with Gasteiger partial charge in [0.15, 0.2) is 0 Å². The minimum Gasteiger partial charge on any atom is -0.0846 e. The largest absolute Gasteiger partial charge is 0.0846 e. The van der Waals surface area contributed by atoms with Crippen LogP contribution >= 0.6 is 12.2 Å². The van der Waals surface area contributed by atoms with Gasteiger partial charge >= 0.3 is 0 Å². The van der Waals surface area contributed by atoms with Gasteiger partial charge in [-0.3, -0.25) is 0 Å². The smallest absolute Gasteiger partial charge is 0.0199 e. The molecule has 0 aliphatic carbocycles. The Morgan fingerprint density at radius 2 is 1.69 bits per heavy atom. The Hall–Kier alpha value is -1.21. The molecule has 0 nitrogen and oxygen atoms in total. The molecule has 0 fully saturated rings. The average molecular weight is 186 g/mol. The molecule has 0 N–H and O–H groups in total. The van der Waals surface area contributed by atoms with Gasteiger partial charge in [0.25, 0.3) is 0 Å². The molecule has 0 saturated carbocycles. The van der Waals surface area contributed by atoms with E-state index in [4.69, 9.17) is 12.2 Å². The van der Waals surface area contributed by atoms with Gasteiger partial charge in [0.1, 0.15) is 0 Å². The van der Waals surface area contributed by atoms with Crippen molar-refractivity contribution in [2.24, 2.45) is 0 Å². The molecule has 2 aromatic rings. The first-order valence-corrected chi connectivity index (χ1v) is 4.68. The van der Waals surface area contributed by atoms with Crippen LogP contribution in [0.5, 0.6) is 0 Å². The van der Waals surface area contributed by atoms with Crippen molar-refractivity contribution in [2.45, 2.75) is 6.92 Å². The Morgan fingerprint density at radius 1 is 1.00 bits per heavy atom. The highest BCUT2D eigenvalue weighted by Gasteiger charge is 2.00. The van der Waals surface area contributed by atoms with Crippen molar-refractivity contribution in [2.75, 3.05) is 0 Å². The number of benzene rings is 2. The second-order valence-electron chi connectivity index (χ2n) is 3.08. The average Bonchev–Trinajstić information content (AvgIpc) is 2.17. The molecule has 0 spiro atoms. The molecular formula is C12H10S. The zero-order chi connectivity index (χ0) is 9.26. The lowest BCUT2D eigenvalue weighted by Crippen LogP contribution is -1.90. The summed E-state index contributed by atoms with van der Waals surface area (Å²) in [5, 5.41) is 2.50. The summed E-state index contributed by atoms with van der Waals surface area (Å²) in [6.45, 7) is 1.97. The molecule has 0 radical (unpaired) electrons. The van der Waals surface area contributed by atoms with Crippen LogP contribution in [0.15, 0.2) is 42.5 Å². The van der Waals surface area contributed by atoms with Gasteiger partial charge in [-0.15, -0.1) is 0 Å². The molecule has 0 atom stereocenters. The van der Waals surface area contributed by atoms with Gasteiger partial charge < -0.3 is 0 Å². The van der Waals surface area contributed by atoms with Gasteiger partial charge in [-0.2, -0.15) is 0 Å². The van der Waals surface area contributed by atoms with Crippen LogP contribution in [0.1, 0.15) is 12.5 Å². The number of hydrogen-bond donors (Lipinski definition) is 0.